The van der Waals surface area contributed by atoms with Gasteiger partial charge in [-0.05, 0) is 32.1 Å². The number of urea groups is 1. The van der Waals surface area contributed by atoms with E-state index in [-0.39, 0.29) is 12.1 Å². The number of nitrogens with one attached hydrogen (secondary N) is 2. The quantitative estimate of drug-likeness (QED) is 0.787. The number of aliphatic hydroxyl groups excluding tert-OH is 1. The summed E-state index contributed by atoms with van der Waals surface area (Å²) in [6, 6.07) is -0.218. The van der Waals surface area contributed by atoms with Crippen molar-refractivity contribution in [1.82, 2.24) is 10.3 Å². The zero-order valence-electron chi connectivity index (χ0n) is 10.5. The molecule has 2 unspecified atom stereocenters. The summed E-state index contributed by atoms with van der Waals surface area (Å²) >= 11 is 1.42. The number of anilines is 1. The van der Waals surface area contributed by atoms with E-state index in [2.05, 4.69) is 15.6 Å². The van der Waals surface area contributed by atoms with Crippen LogP contribution < -0.4 is 10.6 Å². The lowest BCUT2D eigenvalue weighted by Crippen LogP contribution is -2.35. The van der Waals surface area contributed by atoms with Gasteiger partial charge in [0.15, 0.2) is 5.13 Å². The molecule has 2 atom stereocenters. The van der Waals surface area contributed by atoms with E-state index in [1.165, 1.54) is 11.3 Å². The molecule has 3 N–H and O–H groups in total. The van der Waals surface area contributed by atoms with Crippen LogP contribution in [0.2, 0.25) is 0 Å². The van der Waals surface area contributed by atoms with Crippen molar-refractivity contribution in [1.29, 1.82) is 0 Å². The van der Waals surface area contributed by atoms with E-state index >= 15 is 0 Å². The van der Waals surface area contributed by atoms with Gasteiger partial charge in [-0.15, -0.1) is 11.3 Å². The van der Waals surface area contributed by atoms with Crippen LogP contribution >= 0.6 is 11.3 Å². The summed E-state index contributed by atoms with van der Waals surface area (Å²) in [6.45, 7) is 2.51. The van der Waals surface area contributed by atoms with E-state index in [1.54, 1.807) is 0 Å². The minimum absolute atomic E-state index is 0.199. The van der Waals surface area contributed by atoms with Crippen LogP contribution in [0.25, 0.3) is 0 Å². The molecular weight excluding hydrogens is 250 g/mol. The van der Waals surface area contributed by atoms with Crippen LogP contribution in [0.4, 0.5) is 9.93 Å². The van der Waals surface area contributed by atoms with Crippen LogP contribution in [0.5, 0.6) is 0 Å². The van der Waals surface area contributed by atoms with Gasteiger partial charge in [0.1, 0.15) is 0 Å². The van der Waals surface area contributed by atoms with E-state index in [0.29, 0.717) is 17.6 Å². The first-order valence-corrected chi connectivity index (χ1v) is 7.16. The molecule has 0 saturated heterocycles. The Labute approximate surface area is 111 Å². The van der Waals surface area contributed by atoms with Crippen molar-refractivity contribution in [3.8, 4) is 0 Å². The molecule has 0 spiro atoms. The summed E-state index contributed by atoms with van der Waals surface area (Å²) < 4.78 is 0. The Hall–Kier alpha value is -1.14. The predicted octanol–water partition coefficient (Wildman–Crippen LogP) is 2.12. The molecule has 100 valence electrons. The summed E-state index contributed by atoms with van der Waals surface area (Å²) in [6.07, 6.45) is 3.60. The highest BCUT2D eigenvalue weighted by Gasteiger charge is 2.20. The Morgan fingerprint density at radius 1 is 1.61 bits per heavy atom. The number of carbonyl (C=O) groups is 1. The molecule has 2 amide bonds. The van der Waals surface area contributed by atoms with Crippen LogP contribution in [0.15, 0.2) is 5.38 Å². The van der Waals surface area contributed by atoms with Gasteiger partial charge in [0.05, 0.1) is 11.8 Å². The number of hydrogen-bond acceptors (Lipinski definition) is 4. The number of rotatable bonds is 3. The number of hydrogen-bond donors (Lipinski definition) is 3. The van der Waals surface area contributed by atoms with Crippen molar-refractivity contribution in [2.45, 2.75) is 38.7 Å². The van der Waals surface area contributed by atoms with Gasteiger partial charge in [0.2, 0.25) is 0 Å². The first-order valence-electron chi connectivity index (χ1n) is 6.28. The molecule has 1 fully saturated rings. The van der Waals surface area contributed by atoms with Gasteiger partial charge in [-0.3, -0.25) is 5.32 Å². The maximum Gasteiger partial charge on any atom is 0.321 e. The molecule has 1 saturated carbocycles. The van der Waals surface area contributed by atoms with Gasteiger partial charge in [-0.25, -0.2) is 9.78 Å². The Balaban J connectivity index is 1.71. The minimum Gasteiger partial charge on any atom is -0.393 e. The number of aromatic nitrogens is 1. The summed E-state index contributed by atoms with van der Waals surface area (Å²) in [5.41, 5.74) is 0.908. The van der Waals surface area contributed by atoms with Crippen molar-refractivity contribution in [2.24, 2.45) is 5.92 Å². The molecule has 2 rings (SSSR count). The maximum atomic E-state index is 11.6. The first kappa shape index (κ1) is 13.3. The number of aryl methyl sites for hydroxylation is 1. The molecule has 0 aromatic carbocycles. The second kappa shape index (κ2) is 6.15. The Bertz CT molecular complexity index is 408. The van der Waals surface area contributed by atoms with E-state index in [0.717, 1.165) is 31.4 Å². The predicted molar refractivity (Wildman–Crippen MR) is 71.8 cm³/mol. The molecular formula is C12H19N3O2S. The van der Waals surface area contributed by atoms with Crippen LogP contribution in [0, 0.1) is 12.8 Å². The molecule has 0 bridgehead atoms. The van der Waals surface area contributed by atoms with Crippen molar-refractivity contribution < 1.29 is 9.90 Å². The lowest BCUT2D eigenvalue weighted by molar-refractivity contribution is 0.101. The van der Waals surface area contributed by atoms with Gasteiger partial charge in [-0.1, -0.05) is 6.42 Å². The van der Waals surface area contributed by atoms with Gasteiger partial charge >= 0.3 is 6.03 Å². The molecule has 18 heavy (non-hydrogen) atoms. The molecule has 0 aliphatic heterocycles. The van der Waals surface area contributed by atoms with Gasteiger partial charge in [0.25, 0.3) is 0 Å². The average Bonchev–Trinajstić information content (AvgIpc) is 2.72. The Kier molecular flexibility index (Phi) is 4.54. The maximum absolute atomic E-state index is 11.6. The summed E-state index contributed by atoms with van der Waals surface area (Å²) in [4.78, 5) is 15.8. The van der Waals surface area contributed by atoms with E-state index in [1.807, 2.05) is 12.3 Å². The van der Waals surface area contributed by atoms with E-state index < -0.39 is 0 Å². The monoisotopic (exact) mass is 269 g/mol. The fourth-order valence-electron chi connectivity index (χ4n) is 2.24. The largest absolute Gasteiger partial charge is 0.393 e. The van der Waals surface area contributed by atoms with Crippen molar-refractivity contribution in [3.63, 3.8) is 0 Å². The van der Waals surface area contributed by atoms with Crippen molar-refractivity contribution >= 4 is 22.5 Å². The van der Waals surface area contributed by atoms with Crippen LogP contribution in [0.1, 0.15) is 31.4 Å². The standard InChI is InChI=1S/C12H19N3O2S/c1-8-7-18-12(14-8)15-11(17)13-6-9-3-2-4-10(16)5-9/h7,9-10,16H,2-6H2,1H3,(H2,13,14,15,17). The highest BCUT2D eigenvalue weighted by molar-refractivity contribution is 7.13. The molecule has 1 aromatic rings. The average molecular weight is 269 g/mol. The fraction of sp³-hybridized carbons (Fsp3) is 0.667. The van der Waals surface area contributed by atoms with E-state index in [4.69, 9.17) is 0 Å². The van der Waals surface area contributed by atoms with Gasteiger partial charge in [-0.2, -0.15) is 0 Å². The first-order chi connectivity index (χ1) is 8.63. The zero-order valence-corrected chi connectivity index (χ0v) is 11.3. The van der Waals surface area contributed by atoms with Crippen LogP contribution in [-0.4, -0.2) is 28.8 Å². The third-order valence-electron chi connectivity index (χ3n) is 3.15. The zero-order chi connectivity index (χ0) is 13.0. The molecule has 6 heteroatoms. The minimum atomic E-state index is -0.218. The third-order valence-corrected chi connectivity index (χ3v) is 4.02. The number of thiazole rings is 1. The third kappa shape index (κ3) is 3.96. The van der Waals surface area contributed by atoms with Crippen molar-refractivity contribution in [3.05, 3.63) is 11.1 Å². The Morgan fingerprint density at radius 2 is 2.44 bits per heavy atom. The molecule has 1 aliphatic rings. The summed E-state index contributed by atoms with van der Waals surface area (Å²) in [5, 5.41) is 17.6. The summed E-state index contributed by atoms with van der Waals surface area (Å²) in [7, 11) is 0. The molecule has 0 radical (unpaired) electrons. The van der Waals surface area contributed by atoms with E-state index in [9.17, 15) is 9.90 Å². The highest BCUT2D eigenvalue weighted by atomic mass is 32.1. The number of nitrogens with zero attached hydrogens (tertiary/aromatic N) is 1. The highest BCUT2D eigenvalue weighted by Crippen LogP contribution is 2.23. The second-order valence-corrected chi connectivity index (χ2v) is 5.67. The van der Waals surface area contributed by atoms with Gasteiger partial charge in [0, 0.05) is 11.9 Å². The second-order valence-electron chi connectivity index (χ2n) is 4.82. The number of aliphatic hydroxyl groups is 1. The van der Waals surface area contributed by atoms with Crippen LogP contribution in [-0.2, 0) is 0 Å². The summed E-state index contributed by atoms with van der Waals surface area (Å²) in [5.74, 6) is 0.387. The normalized spacial score (nSPS) is 23.7. The topological polar surface area (TPSA) is 74.2 Å². The SMILES string of the molecule is Cc1csc(NC(=O)NCC2CCCC(O)C2)n1. The Morgan fingerprint density at radius 3 is 3.11 bits per heavy atom. The molecule has 1 heterocycles. The lowest BCUT2D eigenvalue weighted by Gasteiger charge is -2.25. The smallest absolute Gasteiger partial charge is 0.321 e. The number of carbonyl (C=O) groups excluding carboxylic acids is 1. The fourth-order valence-corrected chi connectivity index (χ4v) is 2.92. The molecule has 1 aliphatic carbocycles. The number of amides is 2. The molecule has 5 nitrogen and oxygen atoms in total. The van der Waals surface area contributed by atoms with Crippen molar-refractivity contribution in [2.75, 3.05) is 11.9 Å². The molecule has 1 aromatic heterocycles. The lowest BCUT2D eigenvalue weighted by atomic mass is 9.87. The van der Waals surface area contributed by atoms with Gasteiger partial charge < -0.3 is 10.4 Å². The van der Waals surface area contributed by atoms with Crippen LogP contribution in [0.3, 0.4) is 0 Å².